The van der Waals surface area contributed by atoms with Crippen molar-refractivity contribution in [3.05, 3.63) is 59.1 Å². The highest BCUT2D eigenvalue weighted by Gasteiger charge is 2.16. The van der Waals surface area contributed by atoms with Crippen LogP contribution in [0.3, 0.4) is 0 Å². The molecule has 0 aliphatic heterocycles. The van der Waals surface area contributed by atoms with Gasteiger partial charge in [0.15, 0.2) is 9.84 Å². The maximum atomic E-state index is 12.2. The van der Waals surface area contributed by atoms with E-state index < -0.39 is 9.84 Å². The molecule has 0 saturated heterocycles. The van der Waals surface area contributed by atoms with Crippen LogP contribution in [-0.4, -0.2) is 8.42 Å². The molecule has 0 heterocycles. The second-order valence-electron chi connectivity index (χ2n) is 3.93. The highest BCUT2D eigenvalue weighted by atomic mass is 35.5. The summed E-state index contributed by atoms with van der Waals surface area (Å²) >= 11 is 5.83. The van der Waals surface area contributed by atoms with Crippen LogP contribution in [-0.2, 0) is 15.6 Å². The average molecular weight is 282 g/mol. The lowest BCUT2D eigenvalue weighted by molar-refractivity contribution is 0.595. The molecule has 0 saturated carbocycles. The molecule has 2 rings (SSSR count). The quantitative estimate of drug-likeness (QED) is 0.880. The van der Waals surface area contributed by atoms with E-state index in [1.807, 2.05) is 6.07 Å². The van der Waals surface area contributed by atoms with Crippen LogP contribution in [0.25, 0.3) is 0 Å². The van der Waals surface area contributed by atoms with Crippen LogP contribution in [0.5, 0.6) is 0 Å². The second kappa shape index (κ2) is 5.00. The molecule has 2 N–H and O–H groups in total. The van der Waals surface area contributed by atoms with Gasteiger partial charge < -0.3 is 5.73 Å². The van der Waals surface area contributed by atoms with E-state index in [0.29, 0.717) is 5.69 Å². The van der Waals surface area contributed by atoms with E-state index in [0.717, 1.165) is 5.56 Å². The standard InChI is InChI=1S/C13H12ClNO2S/c14-12-8-11(6-7-13(12)15)18(16,17)9-10-4-2-1-3-5-10/h1-8H,9,15H2. The van der Waals surface area contributed by atoms with Gasteiger partial charge in [0.05, 0.1) is 21.4 Å². The summed E-state index contributed by atoms with van der Waals surface area (Å²) in [4.78, 5) is 0.186. The number of benzene rings is 2. The Balaban J connectivity index is 2.34. The van der Waals surface area contributed by atoms with E-state index >= 15 is 0 Å². The first kappa shape index (κ1) is 12.9. The summed E-state index contributed by atoms with van der Waals surface area (Å²) < 4.78 is 24.3. The molecule has 5 heteroatoms. The predicted molar refractivity (Wildman–Crippen MR) is 73.2 cm³/mol. The van der Waals surface area contributed by atoms with Crippen molar-refractivity contribution in [1.29, 1.82) is 0 Å². The van der Waals surface area contributed by atoms with Crippen molar-refractivity contribution in [1.82, 2.24) is 0 Å². The Morgan fingerprint density at radius 1 is 1.06 bits per heavy atom. The number of anilines is 1. The number of hydrogen-bond acceptors (Lipinski definition) is 3. The Morgan fingerprint density at radius 3 is 2.33 bits per heavy atom. The molecule has 0 atom stereocenters. The monoisotopic (exact) mass is 281 g/mol. The fourth-order valence-electron chi connectivity index (χ4n) is 1.58. The highest BCUT2D eigenvalue weighted by Crippen LogP contribution is 2.24. The van der Waals surface area contributed by atoms with Gasteiger partial charge >= 0.3 is 0 Å². The number of nitrogen functional groups attached to an aromatic ring is 1. The normalized spacial score (nSPS) is 11.4. The van der Waals surface area contributed by atoms with Gasteiger partial charge in [0.1, 0.15) is 0 Å². The van der Waals surface area contributed by atoms with Crippen molar-refractivity contribution in [2.75, 3.05) is 5.73 Å². The zero-order valence-corrected chi connectivity index (χ0v) is 11.1. The summed E-state index contributed by atoms with van der Waals surface area (Å²) in [5, 5.41) is 0.254. The minimum absolute atomic E-state index is 0.0475. The molecule has 3 nitrogen and oxygen atoms in total. The molecule has 0 bridgehead atoms. The zero-order valence-electron chi connectivity index (χ0n) is 9.51. The Morgan fingerprint density at radius 2 is 1.72 bits per heavy atom. The van der Waals surface area contributed by atoms with Crippen molar-refractivity contribution >= 4 is 27.1 Å². The molecule has 0 fully saturated rings. The fourth-order valence-corrected chi connectivity index (χ4v) is 3.19. The smallest absolute Gasteiger partial charge is 0.182 e. The fraction of sp³-hybridized carbons (Fsp3) is 0.0769. The third kappa shape index (κ3) is 2.83. The lowest BCUT2D eigenvalue weighted by Crippen LogP contribution is -2.05. The molecule has 18 heavy (non-hydrogen) atoms. The van der Waals surface area contributed by atoms with Crippen LogP contribution in [0.4, 0.5) is 5.69 Å². The van der Waals surface area contributed by atoms with Crippen molar-refractivity contribution in [2.45, 2.75) is 10.6 Å². The SMILES string of the molecule is Nc1ccc(S(=O)(=O)Cc2ccccc2)cc1Cl. The van der Waals surface area contributed by atoms with Crippen molar-refractivity contribution in [3.8, 4) is 0 Å². The van der Waals surface area contributed by atoms with E-state index in [4.69, 9.17) is 17.3 Å². The maximum absolute atomic E-state index is 12.2. The summed E-state index contributed by atoms with van der Waals surface area (Å²) in [6.07, 6.45) is 0. The summed E-state index contributed by atoms with van der Waals surface area (Å²) in [5.41, 5.74) is 6.67. The van der Waals surface area contributed by atoms with Gasteiger partial charge in [-0.1, -0.05) is 41.9 Å². The number of sulfone groups is 1. The first-order chi connectivity index (χ1) is 8.49. The second-order valence-corrected chi connectivity index (χ2v) is 6.32. The van der Waals surface area contributed by atoms with Gasteiger partial charge in [0.2, 0.25) is 0 Å². The topological polar surface area (TPSA) is 60.2 Å². The van der Waals surface area contributed by atoms with E-state index in [1.54, 1.807) is 24.3 Å². The van der Waals surface area contributed by atoms with Crippen LogP contribution < -0.4 is 5.73 Å². The first-order valence-electron chi connectivity index (χ1n) is 5.31. The summed E-state index contributed by atoms with van der Waals surface area (Å²) in [5.74, 6) is -0.0475. The van der Waals surface area contributed by atoms with E-state index in [2.05, 4.69) is 0 Å². The van der Waals surface area contributed by atoms with Crippen LogP contribution in [0, 0.1) is 0 Å². The molecule has 0 aromatic heterocycles. The van der Waals surface area contributed by atoms with Crippen molar-refractivity contribution in [3.63, 3.8) is 0 Å². The molecule has 0 radical (unpaired) electrons. The van der Waals surface area contributed by atoms with Gasteiger partial charge in [0.25, 0.3) is 0 Å². The van der Waals surface area contributed by atoms with Gasteiger partial charge in [-0.15, -0.1) is 0 Å². The Hall–Kier alpha value is -1.52. The highest BCUT2D eigenvalue weighted by molar-refractivity contribution is 7.90. The molecule has 94 valence electrons. The number of rotatable bonds is 3. The van der Waals surface area contributed by atoms with Gasteiger partial charge in [-0.05, 0) is 23.8 Å². The largest absolute Gasteiger partial charge is 0.398 e. The molecule has 2 aromatic carbocycles. The predicted octanol–water partition coefficient (Wildman–Crippen LogP) is 2.90. The molecule has 0 aliphatic carbocycles. The van der Waals surface area contributed by atoms with E-state index in [9.17, 15) is 8.42 Å². The van der Waals surface area contributed by atoms with Crippen molar-refractivity contribution < 1.29 is 8.42 Å². The molecule has 0 amide bonds. The van der Waals surface area contributed by atoms with E-state index in [-0.39, 0.29) is 15.7 Å². The number of halogens is 1. The summed E-state index contributed by atoms with van der Waals surface area (Å²) in [6.45, 7) is 0. The molecule has 0 spiro atoms. The first-order valence-corrected chi connectivity index (χ1v) is 7.34. The third-order valence-corrected chi connectivity index (χ3v) is 4.54. The molecule has 0 unspecified atom stereocenters. The lowest BCUT2D eigenvalue weighted by Gasteiger charge is -2.06. The molecule has 2 aromatic rings. The van der Waals surface area contributed by atoms with Crippen LogP contribution in [0.15, 0.2) is 53.4 Å². The lowest BCUT2D eigenvalue weighted by atomic mass is 10.2. The Kier molecular flexibility index (Phi) is 3.59. The molecular weight excluding hydrogens is 270 g/mol. The Labute approximate surface area is 111 Å². The van der Waals surface area contributed by atoms with Gasteiger partial charge in [-0.2, -0.15) is 0 Å². The van der Waals surface area contributed by atoms with Gasteiger partial charge in [0, 0.05) is 0 Å². The summed E-state index contributed by atoms with van der Waals surface area (Å²) in [7, 11) is -3.39. The zero-order chi connectivity index (χ0) is 13.2. The minimum Gasteiger partial charge on any atom is -0.398 e. The van der Waals surface area contributed by atoms with Gasteiger partial charge in [-0.3, -0.25) is 0 Å². The molecular formula is C13H12ClNO2S. The minimum atomic E-state index is -3.39. The summed E-state index contributed by atoms with van der Waals surface area (Å²) in [6, 6.07) is 13.4. The number of hydrogen-bond donors (Lipinski definition) is 1. The van der Waals surface area contributed by atoms with Gasteiger partial charge in [-0.25, -0.2) is 8.42 Å². The van der Waals surface area contributed by atoms with Crippen LogP contribution in [0.2, 0.25) is 5.02 Å². The van der Waals surface area contributed by atoms with Crippen LogP contribution in [0.1, 0.15) is 5.56 Å². The van der Waals surface area contributed by atoms with E-state index in [1.165, 1.54) is 18.2 Å². The third-order valence-electron chi connectivity index (χ3n) is 2.53. The van der Waals surface area contributed by atoms with Crippen molar-refractivity contribution in [2.24, 2.45) is 0 Å². The van der Waals surface area contributed by atoms with Crippen LogP contribution >= 0.6 is 11.6 Å². The maximum Gasteiger partial charge on any atom is 0.182 e. The molecule has 0 aliphatic rings. The Bertz CT molecular complexity index is 654. The number of nitrogens with two attached hydrogens (primary N) is 1. The average Bonchev–Trinajstić information content (AvgIpc) is 2.33.